The van der Waals surface area contributed by atoms with E-state index >= 15 is 0 Å². The van der Waals surface area contributed by atoms with Gasteiger partial charge in [0.25, 0.3) is 0 Å². The predicted octanol–water partition coefficient (Wildman–Crippen LogP) is 1.61. The summed E-state index contributed by atoms with van der Waals surface area (Å²) in [4.78, 5) is 0. The summed E-state index contributed by atoms with van der Waals surface area (Å²) in [5, 5.41) is 16.2. The number of hydrogen-bond donors (Lipinski definition) is 2. The normalized spacial score (nSPS) is 16.4. The highest BCUT2D eigenvalue weighted by Crippen LogP contribution is 2.34. The molecule has 0 aliphatic heterocycles. The molecule has 2 unspecified atom stereocenters. The average Bonchev–Trinajstić information content (AvgIpc) is 1.60. The first-order valence-electron chi connectivity index (χ1n) is 3.79. The van der Waals surface area contributed by atoms with Crippen molar-refractivity contribution in [1.29, 1.82) is 0 Å². The Morgan fingerprint density at radius 3 is 1.27 bits per heavy atom. The maximum Gasteiger partial charge on any atom is 0.0798 e. The van der Waals surface area contributed by atoms with E-state index in [1.807, 2.05) is 20.8 Å². The lowest BCUT2D eigenvalue weighted by Crippen LogP contribution is -2.32. The van der Waals surface area contributed by atoms with Crippen LogP contribution in [-0.4, -0.2) is 22.2 Å². The summed E-state index contributed by atoms with van der Waals surface area (Å²) >= 11 is 0. The van der Waals surface area contributed by atoms with Gasteiger partial charge in [-0.1, -0.05) is 20.8 Å². The standard InChI is InChI=1S/C6H15OP.C2H6O/c1-5(2,3)6(4,7)8;1-2-3/h7H,8H2,1-4H3;3H,2H2,1H3. The fraction of sp³-hybridized carbons (Fsp3) is 1.00. The highest BCUT2D eigenvalue weighted by Gasteiger charge is 2.29. The van der Waals surface area contributed by atoms with Gasteiger partial charge in [-0.15, -0.1) is 9.24 Å². The molecule has 0 aliphatic carbocycles. The first-order chi connectivity index (χ1) is 4.66. The molecule has 0 saturated heterocycles. The largest absolute Gasteiger partial charge is 0.397 e. The van der Waals surface area contributed by atoms with Crippen molar-refractivity contribution in [1.82, 2.24) is 0 Å². The Morgan fingerprint density at radius 2 is 1.27 bits per heavy atom. The van der Waals surface area contributed by atoms with Gasteiger partial charge in [0.05, 0.1) is 5.34 Å². The van der Waals surface area contributed by atoms with Crippen molar-refractivity contribution in [3.8, 4) is 0 Å². The SMILES string of the molecule is CC(C)(C)C(C)(O)P.CCO. The van der Waals surface area contributed by atoms with Gasteiger partial charge in [-0.25, -0.2) is 0 Å². The van der Waals surface area contributed by atoms with Crippen LogP contribution in [0.2, 0.25) is 0 Å². The van der Waals surface area contributed by atoms with Crippen LogP contribution in [0.3, 0.4) is 0 Å². The molecule has 0 aliphatic rings. The van der Waals surface area contributed by atoms with Gasteiger partial charge >= 0.3 is 0 Å². The first kappa shape index (κ1) is 13.9. The second kappa shape index (κ2) is 5.08. The van der Waals surface area contributed by atoms with E-state index < -0.39 is 5.34 Å². The lowest BCUT2D eigenvalue weighted by molar-refractivity contribution is 0.0442. The maximum atomic E-state index is 9.32. The molecule has 70 valence electrons. The van der Waals surface area contributed by atoms with Crippen molar-refractivity contribution in [3.63, 3.8) is 0 Å². The summed E-state index contributed by atoms with van der Waals surface area (Å²) in [5.74, 6) is 0. The molecule has 2 N–H and O–H groups in total. The van der Waals surface area contributed by atoms with Crippen LogP contribution in [0, 0.1) is 5.41 Å². The average molecular weight is 180 g/mol. The van der Waals surface area contributed by atoms with Crippen molar-refractivity contribution < 1.29 is 10.2 Å². The number of rotatable bonds is 0. The van der Waals surface area contributed by atoms with Gasteiger partial charge in [-0.3, -0.25) is 0 Å². The zero-order chi connectivity index (χ0) is 9.71. The summed E-state index contributed by atoms with van der Waals surface area (Å²) in [6.45, 7) is 9.72. The van der Waals surface area contributed by atoms with Crippen LogP contribution in [0.4, 0.5) is 0 Å². The quantitative estimate of drug-likeness (QED) is 0.556. The summed E-state index contributed by atoms with van der Waals surface area (Å²) in [6.07, 6.45) is 0. The summed E-state index contributed by atoms with van der Waals surface area (Å²) in [7, 11) is 2.42. The Morgan fingerprint density at radius 1 is 1.18 bits per heavy atom. The van der Waals surface area contributed by atoms with E-state index in [-0.39, 0.29) is 12.0 Å². The van der Waals surface area contributed by atoms with Crippen molar-refractivity contribution in [2.45, 2.75) is 40.0 Å². The Labute approximate surface area is 72.2 Å². The van der Waals surface area contributed by atoms with Crippen LogP contribution in [0.25, 0.3) is 0 Å². The number of hydrogen-bond acceptors (Lipinski definition) is 2. The molecule has 0 bridgehead atoms. The number of aliphatic hydroxyl groups is 2. The van der Waals surface area contributed by atoms with E-state index in [0.29, 0.717) is 0 Å². The zero-order valence-electron chi connectivity index (χ0n) is 8.18. The predicted molar refractivity (Wildman–Crippen MR) is 52.5 cm³/mol. The van der Waals surface area contributed by atoms with Gasteiger partial charge in [0.2, 0.25) is 0 Å². The van der Waals surface area contributed by atoms with Gasteiger partial charge in [0.15, 0.2) is 0 Å². The molecule has 2 nitrogen and oxygen atoms in total. The summed E-state index contributed by atoms with van der Waals surface area (Å²) < 4.78 is 0. The molecule has 11 heavy (non-hydrogen) atoms. The van der Waals surface area contributed by atoms with Gasteiger partial charge in [0.1, 0.15) is 0 Å². The third kappa shape index (κ3) is 8.25. The van der Waals surface area contributed by atoms with Crippen molar-refractivity contribution in [3.05, 3.63) is 0 Å². The van der Waals surface area contributed by atoms with E-state index in [4.69, 9.17) is 5.11 Å². The first-order valence-corrected chi connectivity index (χ1v) is 4.36. The smallest absolute Gasteiger partial charge is 0.0798 e. The van der Waals surface area contributed by atoms with Gasteiger partial charge in [0, 0.05) is 6.61 Å². The van der Waals surface area contributed by atoms with Crippen LogP contribution in [0.1, 0.15) is 34.6 Å². The monoisotopic (exact) mass is 180 g/mol. The molecule has 0 saturated carbocycles. The van der Waals surface area contributed by atoms with Crippen LogP contribution in [0.15, 0.2) is 0 Å². The van der Waals surface area contributed by atoms with Crippen molar-refractivity contribution >= 4 is 9.24 Å². The molecule has 0 aromatic rings. The van der Waals surface area contributed by atoms with E-state index in [1.54, 1.807) is 13.8 Å². The molecule has 0 spiro atoms. The van der Waals surface area contributed by atoms with Crippen LogP contribution >= 0.6 is 9.24 Å². The third-order valence-corrected chi connectivity index (χ3v) is 2.38. The van der Waals surface area contributed by atoms with Gasteiger partial charge < -0.3 is 10.2 Å². The molecule has 3 heteroatoms. The molecule has 0 radical (unpaired) electrons. The Hall–Kier alpha value is 0.350. The summed E-state index contributed by atoms with van der Waals surface area (Å²) in [5.41, 5.74) is -0.0440. The van der Waals surface area contributed by atoms with Gasteiger partial charge in [-0.2, -0.15) is 0 Å². The molecule has 0 aromatic carbocycles. The minimum absolute atomic E-state index is 0.0440. The van der Waals surface area contributed by atoms with E-state index in [1.165, 1.54) is 0 Å². The minimum atomic E-state index is -0.646. The topological polar surface area (TPSA) is 40.5 Å². The van der Waals surface area contributed by atoms with Gasteiger partial charge in [-0.05, 0) is 19.3 Å². The summed E-state index contributed by atoms with van der Waals surface area (Å²) in [6, 6.07) is 0. The third-order valence-electron chi connectivity index (χ3n) is 1.52. The number of aliphatic hydroxyl groups excluding tert-OH is 1. The van der Waals surface area contributed by atoms with Crippen LogP contribution in [0.5, 0.6) is 0 Å². The second-order valence-electron chi connectivity index (χ2n) is 3.71. The zero-order valence-corrected chi connectivity index (χ0v) is 9.33. The lowest BCUT2D eigenvalue weighted by atomic mass is 9.90. The van der Waals surface area contributed by atoms with Crippen molar-refractivity contribution in [2.24, 2.45) is 5.41 Å². The highest BCUT2D eigenvalue weighted by molar-refractivity contribution is 7.18. The highest BCUT2D eigenvalue weighted by atomic mass is 31.0. The van der Waals surface area contributed by atoms with E-state index in [2.05, 4.69) is 9.24 Å². The molecular formula is C8H21O2P. The molecular weight excluding hydrogens is 159 g/mol. The fourth-order valence-corrected chi connectivity index (χ4v) is 0. The van der Waals surface area contributed by atoms with Crippen LogP contribution < -0.4 is 0 Å². The molecule has 0 aromatic heterocycles. The minimum Gasteiger partial charge on any atom is -0.397 e. The maximum absolute atomic E-state index is 9.32. The second-order valence-corrected chi connectivity index (χ2v) is 4.84. The van der Waals surface area contributed by atoms with Crippen molar-refractivity contribution in [2.75, 3.05) is 6.61 Å². The van der Waals surface area contributed by atoms with E-state index in [0.717, 1.165) is 0 Å². The molecule has 2 atom stereocenters. The molecule has 0 fully saturated rings. The Kier molecular flexibility index (Phi) is 6.42. The Bertz CT molecular complexity index is 77.2. The van der Waals surface area contributed by atoms with Crippen LogP contribution in [-0.2, 0) is 0 Å². The molecule has 0 rings (SSSR count). The molecule has 0 amide bonds. The Balaban J connectivity index is 0. The molecule has 0 heterocycles. The lowest BCUT2D eigenvalue weighted by Gasteiger charge is -2.32. The fourth-order valence-electron chi connectivity index (χ4n) is 0. The van der Waals surface area contributed by atoms with E-state index in [9.17, 15) is 5.11 Å².